The fourth-order valence-corrected chi connectivity index (χ4v) is 1.85. The average molecular weight is 248 g/mol. The summed E-state index contributed by atoms with van der Waals surface area (Å²) in [6.45, 7) is 2.60. The summed E-state index contributed by atoms with van der Waals surface area (Å²) in [6.07, 6.45) is 5.70. The molecule has 96 valence electrons. The van der Waals surface area contributed by atoms with Crippen molar-refractivity contribution in [3.05, 3.63) is 23.8 Å². The van der Waals surface area contributed by atoms with E-state index in [0.29, 0.717) is 0 Å². The van der Waals surface area contributed by atoms with E-state index in [1.807, 2.05) is 0 Å². The molecule has 1 atom stereocenters. The highest BCUT2D eigenvalue weighted by Crippen LogP contribution is 2.07. The Morgan fingerprint density at radius 1 is 1.33 bits per heavy atom. The molecule has 18 heavy (non-hydrogen) atoms. The van der Waals surface area contributed by atoms with E-state index in [1.54, 1.807) is 6.92 Å². The Morgan fingerprint density at radius 3 is 2.78 bits per heavy atom. The predicted molar refractivity (Wildman–Crippen MR) is 64.9 cm³/mol. The number of aryl methyl sites for hydroxylation is 1. The van der Waals surface area contributed by atoms with E-state index in [4.69, 9.17) is 0 Å². The van der Waals surface area contributed by atoms with Gasteiger partial charge in [-0.2, -0.15) is 0 Å². The Balaban J connectivity index is 1.94. The van der Waals surface area contributed by atoms with Crippen molar-refractivity contribution in [2.45, 2.75) is 32.2 Å². The van der Waals surface area contributed by atoms with Gasteiger partial charge in [0.2, 0.25) is 5.91 Å². The van der Waals surface area contributed by atoms with Crippen LogP contribution in [0.1, 0.15) is 35.4 Å². The van der Waals surface area contributed by atoms with Crippen molar-refractivity contribution >= 4 is 11.8 Å². The highest BCUT2D eigenvalue weighted by molar-refractivity contribution is 6.04. The number of carbonyl (C=O) groups is 2. The second-order valence-electron chi connectivity index (χ2n) is 4.36. The van der Waals surface area contributed by atoms with Gasteiger partial charge in [-0.1, -0.05) is 6.42 Å². The molecule has 1 saturated heterocycles. The molecule has 2 heterocycles. The van der Waals surface area contributed by atoms with Gasteiger partial charge in [0.1, 0.15) is 5.69 Å². The van der Waals surface area contributed by atoms with Crippen LogP contribution in [-0.4, -0.2) is 34.4 Å². The van der Waals surface area contributed by atoms with Gasteiger partial charge in [-0.3, -0.25) is 19.9 Å². The van der Waals surface area contributed by atoms with Crippen LogP contribution in [0.15, 0.2) is 12.4 Å². The third-order valence-corrected chi connectivity index (χ3v) is 2.88. The van der Waals surface area contributed by atoms with Crippen LogP contribution in [0.2, 0.25) is 0 Å². The molecule has 0 aliphatic carbocycles. The van der Waals surface area contributed by atoms with E-state index >= 15 is 0 Å². The van der Waals surface area contributed by atoms with Crippen molar-refractivity contribution in [2.24, 2.45) is 0 Å². The summed E-state index contributed by atoms with van der Waals surface area (Å²) >= 11 is 0. The summed E-state index contributed by atoms with van der Waals surface area (Å²) in [7, 11) is 0. The molecule has 2 rings (SSSR count). The van der Waals surface area contributed by atoms with E-state index < -0.39 is 5.91 Å². The van der Waals surface area contributed by atoms with Crippen molar-refractivity contribution < 1.29 is 9.59 Å². The minimum absolute atomic E-state index is 0.157. The number of nitrogens with zero attached hydrogens (tertiary/aromatic N) is 2. The molecular formula is C12H16N4O2. The van der Waals surface area contributed by atoms with Crippen LogP contribution in [-0.2, 0) is 4.79 Å². The van der Waals surface area contributed by atoms with E-state index in [-0.39, 0.29) is 17.6 Å². The molecule has 0 bridgehead atoms. The van der Waals surface area contributed by atoms with Gasteiger partial charge in [-0.05, 0) is 26.3 Å². The number of hydrogen-bond acceptors (Lipinski definition) is 5. The number of imide groups is 1. The van der Waals surface area contributed by atoms with Crippen molar-refractivity contribution in [3.63, 3.8) is 0 Å². The molecule has 0 spiro atoms. The lowest BCUT2D eigenvalue weighted by Gasteiger charge is -2.21. The first-order valence-corrected chi connectivity index (χ1v) is 6.04. The summed E-state index contributed by atoms with van der Waals surface area (Å²) in [5, 5.41) is 5.43. The number of nitrogens with one attached hydrogen (secondary N) is 2. The molecule has 2 amide bonds. The maximum Gasteiger partial charge on any atom is 0.278 e. The van der Waals surface area contributed by atoms with Crippen molar-refractivity contribution in [3.8, 4) is 0 Å². The molecule has 1 aromatic heterocycles. The third-order valence-electron chi connectivity index (χ3n) is 2.88. The Bertz CT molecular complexity index is 438. The van der Waals surface area contributed by atoms with Crippen molar-refractivity contribution in [1.29, 1.82) is 0 Å². The summed E-state index contributed by atoms with van der Waals surface area (Å²) in [5.74, 6) is -0.790. The molecule has 6 nitrogen and oxygen atoms in total. The van der Waals surface area contributed by atoms with Crippen molar-refractivity contribution in [1.82, 2.24) is 20.6 Å². The minimum Gasteiger partial charge on any atom is -0.306 e. The van der Waals surface area contributed by atoms with Gasteiger partial charge in [0.25, 0.3) is 5.91 Å². The molecular weight excluding hydrogens is 232 g/mol. The van der Waals surface area contributed by atoms with E-state index in [1.165, 1.54) is 12.4 Å². The highest BCUT2D eigenvalue weighted by Gasteiger charge is 2.22. The van der Waals surface area contributed by atoms with Crippen LogP contribution >= 0.6 is 0 Å². The zero-order chi connectivity index (χ0) is 13.0. The van der Waals surface area contributed by atoms with Gasteiger partial charge in [0.15, 0.2) is 0 Å². The maximum absolute atomic E-state index is 11.8. The second-order valence-corrected chi connectivity index (χ2v) is 4.36. The number of aromatic nitrogens is 2. The van der Waals surface area contributed by atoms with Crippen LogP contribution in [0.3, 0.4) is 0 Å². The first-order valence-electron chi connectivity index (χ1n) is 6.04. The Hall–Kier alpha value is -1.82. The lowest BCUT2D eigenvalue weighted by molar-refractivity contribution is -0.122. The molecule has 0 unspecified atom stereocenters. The van der Waals surface area contributed by atoms with Gasteiger partial charge >= 0.3 is 0 Å². The summed E-state index contributed by atoms with van der Waals surface area (Å²) in [5.41, 5.74) is 0.886. The lowest BCUT2D eigenvalue weighted by Crippen LogP contribution is -2.48. The molecule has 0 aromatic carbocycles. The predicted octanol–water partition coefficient (Wildman–Crippen LogP) is 0.184. The summed E-state index contributed by atoms with van der Waals surface area (Å²) in [4.78, 5) is 31.5. The molecule has 1 aliphatic rings. The first kappa shape index (κ1) is 12.6. The zero-order valence-corrected chi connectivity index (χ0v) is 10.3. The minimum atomic E-state index is -0.500. The molecule has 0 saturated carbocycles. The van der Waals surface area contributed by atoms with E-state index in [0.717, 1.165) is 31.5 Å². The molecule has 1 aromatic rings. The number of carbonyl (C=O) groups excluding carboxylic acids is 2. The van der Waals surface area contributed by atoms with Crippen LogP contribution in [0.4, 0.5) is 0 Å². The molecule has 1 fully saturated rings. The molecule has 0 radical (unpaired) electrons. The Morgan fingerprint density at radius 2 is 2.17 bits per heavy atom. The Labute approximate surface area is 105 Å². The van der Waals surface area contributed by atoms with Crippen molar-refractivity contribution in [2.75, 3.05) is 6.54 Å². The standard InChI is InChI=1S/C12H16N4O2/c1-8-6-15-10(7-14-8)12(18)16-11(17)9-4-2-3-5-13-9/h6-7,9,13H,2-5H2,1H3,(H,16,17,18)/t9-/m0/s1. The van der Waals surface area contributed by atoms with Gasteiger partial charge in [0, 0.05) is 6.20 Å². The molecule has 2 N–H and O–H groups in total. The smallest absolute Gasteiger partial charge is 0.278 e. The topological polar surface area (TPSA) is 84.0 Å². The third kappa shape index (κ3) is 3.10. The van der Waals surface area contributed by atoms with Crippen LogP contribution < -0.4 is 10.6 Å². The SMILES string of the molecule is Cc1cnc(C(=O)NC(=O)[C@@H]2CCCCN2)cn1. The molecule has 6 heteroatoms. The first-order chi connectivity index (χ1) is 8.66. The monoisotopic (exact) mass is 248 g/mol. The van der Waals surface area contributed by atoms with Crippen LogP contribution in [0.5, 0.6) is 0 Å². The average Bonchev–Trinajstić information content (AvgIpc) is 2.40. The fourth-order valence-electron chi connectivity index (χ4n) is 1.85. The lowest BCUT2D eigenvalue weighted by atomic mass is 10.0. The van der Waals surface area contributed by atoms with Gasteiger partial charge in [-0.25, -0.2) is 4.98 Å². The largest absolute Gasteiger partial charge is 0.306 e. The van der Waals surface area contributed by atoms with Gasteiger partial charge in [-0.15, -0.1) is 0 Å². The highest BCUT2D eigenvalue weighted by atomic mass is 16.2. The zero-order valence-electron chi connectivity index (χ0n) is 10.3. The molecule has 1 aliphatic heterocycles. The van der Waals surface area contributed by atoms with Crippen LogP contribution in [0, 0.1) is 6.92 Å². The Kier molecular flexibility index (Phi) is 3.99. The number of rotatable bonds is 2. The van der Waals surface area contributed by atoms with Crippen LogP contribution in [0.25, 0.3) is 0 Å². The number of amides is 2. The maximum atomic E-state index is 11.8. The number of hydrogen-bond donors (Lipinski definition) is 2. The van der Waals surface area contributed by atoms with E-state index in [2.05, 4.69) is 20.6 Å². The normalized spacial score (nSPS) is 19.3. The van der Waals surface area contributed by atoms with Gasteiger partial charge in [0.05, 0.1) is 17.9 Å². The summed E-state index contributed by atoms with van der Waals surface area (Å²) < 4.78 is 0. The number of piperidine rings is 1. The summed E-state index contributed by atoms with van der Waals surface area (Å²) in [6, 6.07) is -0.277. The quantitative estimate of drug-likeness (QED) is 0.730. The van der Waals surface area contributed by atoms with Gasteiger partial charge < -0.3 is 5.32 Å². The second kappa shape index (κ2) is 5.68. The fraction of sp³-hybridized carbons (Fsp3) is 0.500. The van der Waals surface area contributed by atoms with E-state index in [9.17, 15) is 9.59 Å².